The van der Waals surface area contributed by atoms with E-state index in [4.69, 9.17) is 4.74 Å². The molecule has 0 saturated heterocycles. The molecule has 1 rings (SSSR count). The highest BCUT2D eigenvalue weighted by molar-refractivity contribution is 9.10. The van der Waals surface area contributed by atoms with Crippen LogP contribution in [0.5, 0.6) is 5.75 Å². The largest absolute Gasteiger partial charge is 0.495 e. The molecule has 1 N–H and O–H groups in total. The van der Waals surface area contributed by atoms with Gasteiger partial charge in [0.2, 0.25) is 0 Å². The molecule has 0 aliphatic rings. The minimum absolute atomic E-state index is 0.360. The molecule has 0 aromatic heterocycles. The van der Waals surface area contributed by atoms with Gasteiger partial charge in [0.15, 0.2) is 0 Å². The van der Waals surface area contributed by atoms with E-state index < -0.39 is 6.10 Å². The Labute approximate surface area is 90.8 Å². The number of benzene rings is 1. The van der Waals surface area contributed by atoms with Crippen molar-refractivity contribution in [1.29, 1.82) is 0 Å². The van der Waals surface area contributed by atoms with Gasteiger partial charge in [-0.3, -0.25) is 0 Å². The average Bonchev–Trinajstić information content (AvgIpc) is 2.09. The third-order valence-electron chi connectivity index (χ3n) is 1.81. The summed E-state index contributed by atoms with van der Waals surface area (Å²) < 4.78 is 18.7. The Morgan fingerprint density at radius 3 is 2.71 bits per heavy atom. The molecule has 0 bridgehead atoms. The molecule has 78 valence electrons. The molecule has 0 fully saturated rings. The van der Waals surface area contributed by atoms with Gasteiger partial charge >= 0.3 is 0 Å². The van der Waals surface area contributed by atoms with Gasteiger partial charge in [-0.1, -0.05) is 0 Å². The lowest BCUT2D eigenvalue weighted by molar-refractivity contribution is 0.195. The van der Waals surface area contributed by atoms with Crippen molar-refractivity contribution in [3.05, 3.63) is 28.0 Å². The van der Waals surface area contributed by atoms with Crippen LogP contribution in [0.2, 0.25) is 0 Å². The van der Waals surface area contributed by atoms with Gasteiger partial charge in [0.1, 0.15) is 11.6 Å². The van der Waals surface area contributed by atoms with Crippen LogP contribution >= 0.6 is 15.9 Å². The van der Waals surface area contributed by atoms with Crippen molar-refractivity contribution in [1.82, 2.24) is 0 Å². The number of ether oxygens (including phenoxy) is 1. The summed E-state index contributed by atoms with van der Waals surface area (Å²) in [5.41, 5.74) is 0.705. The Morgan fingerprint density at radius 1 is 1.57 bits per heavy atom. The molecule has 0 aliphatic carbocycles. The van der Waals surface area contributed by atoms with E-state index in [-0.39, 0.29) is 5.82 Å². The molecule has 0 aliphatic heterocycles. The molecular formula is C10H12BrFO2. The van der Waals surface area contributed by atoms with E-state index in [9.17, 15) is 9.50 Å². The Bertz CT molecular complexity index is 326. The van der Waals surface area contributed by atoms with E-state index in [1.54, 1.807) is 6.92 Å². The molecule has 4 heteroatoms. The van der Waals surface area contributed by atoms with Gasteiger partial charge in [-0.15, -0.1) is 0 Å². The fourth-order valence-electron chi connectivity index (χ4n) is 1.23. The molecule has 1 atom stereocenters. The number of aliphatic hydroxyl groups excluding tert-OH is 1. The summed E-state index contributed by atoms with van der Waals surface area (Å²) in [5.74, 6) is 0.0846. The molecule has 1 aromatic rings. The molecule has 0 radical (unpaired) electrons. The van der Waals surface area contributed by atoms with E-state index in [1.165, 1.54) is 19.2 Å². The van der Waals surface area contributed by atoms with Crippen molar-refractivity contribution < 1.29 is 14.2 Å². The van der Waals surface area contributed by atoms with Crippen molar-refractivity contribution in [3.8, 4) is 5.75 Å². The van der Waals surface area contributed by atoms with E-state index in [2.05, 4.69) is 15.9 Å². The number of rotatable bonds is 3. The van der Waals surface area contributed by atoms with Crippen LogP contribution in [0.3, 0.4) is 0 Å². The highest BCUT2D eigenvalue weighted by Crippen LogP contribution is 2.30. The molecule has 1 unspecified atom stereocenters. The van der Waals surface area contributed by atoms with Gasteiger partial charge in [0, 0.05) is 6.07 Å². The second-order valence-electron chi connectivity index (χ2n) is 3.13. The van der Waals surface area contributed by atoms with Crippen molar-refractivity contribution >= 4 is 15.9 Å². The van der Waals surface area contributed by atoms with Crippen LogP contribution in [0.15, 0.2) is 16.6 Å². The minimum Gasteiger partial charge on any atom is -0.495 e. The predicted molar refractivity (Wildman–Crippen MR) is 56.0 cm³/mol. The molecule has 0 heterocycles. The maximum absolute atomic E-state index is 13.1. The predicted octanol–water partition coefficient (Wildman–Crippen LogP) is 2.52. The lowest BCUT2D eigenvalue weighted by Gasteiger charge is -2.10. The molecular weight excluding hydrogens is 251 g/mol. The summed E-state index contributed by atoms with van der Waals surface area (Å²) in [6.45, 7) is 1.66. The molecule has 1 aromatic carbocycles. The lowest BCUT2D eigenvalue weighted by Crippen LogP contribution is -2.05. The Kier molecular flexibility index (Phi) is 3.89. The number of methoxy groups -OCH3 is 1. The quantitative estimate of drug-likeness (QED) is 0.907. The third-order valence-corrected chi connectivity index (χ3v) is 2.71. The van der Waals surface area contributed by atoms with E-state index in [0.29, 0.717) is 22.2 Å². The van der Waals surface area contributed by atoms with Gasteiger partial charge in [-0.2, -0.15) is 0 Å². The average molecular weight is 263 g/mol. The number of hydrogen-bond donors (Lipinski definition) is 1. The smallest absolute Gasteiger partial charge is 0.136 e. The zero-order chi connectivity index (χ0) is 10.7. The molecule has 0 amide bonds. The Balaban J connectivity index is 3.08. The zero-order valence-corrected chi connectivity index (χ0v) is 9.64. The highest BCUT2D eigenvalue weighted by Gasteiger charge is 2.10. The fourth-order valence-corrected chi connectivity index (χ4v) is 1.79. The standard InChI is InChI=1S/C10H12BrFO2/c1-6(13)3-7-4-8(12)5-9(14-2)10(7)11/h4-6,13H,3H2,1-2H3. The molecule has 2 nitrogen and oxygen atoms in total. The van der Waals surface area contributed by atoms with E-state index in [0.717, 1.165) is 0 Å². The van der Waals surface area contributed by atoms with Gasteiger partial charge in [-0.05, 0) is 40.9 Å². The summed E-state index contributed by atoms with van der Waals surface area (Å²) in [6, 6.07) is 2.69. The van der Waals surface area contributed by atoms with Crippen molar-refractivity contribution in [2.24, 2.45) is 0 Å². The van der Waals surface area contributed by atoms with Crippen molar-refractivity contribution in [2.75, 3.05) is 7.11 Å². The number of hydrogen-bond acceptors (Lipinski definition) is 2. The first kappa shape index (κ1) is 11.5. The first-order valence-corrected chi connectivity index (χ1v) is 5.04. The minimum atomic E-state index is -0.502. The van der Waals surface area contributed by atoms with E-state index >= 15 is 0 Å². The summed E-state index contributed by atoms with van der Waals surface area (Å²) in [4.78, 5) is 0. The first-order valence-electron chi connectivity index (χ1n) is 4.24. The summed E-state index contributed by atoms with van der Waals surface area (Å²) >= 11 is 3.30. The van der Waals surface area contributed by atoms with Crippen LogP contribution in [-0.4, -0.2) is 18.3 Å². The van der Waals surface area contributed by atoms with Crippen LogP contribution in [0, 0.1) is 5.82 Å². The third kappa shape index (κ3) is 2.69. The van der Waals surface area contributed by atoms with Gasteiger partial charge in [0.25, 0.3) is 0 Å². The molecule has 0 spiro atoms. The number of aliphatic hydroxyl groups is 1. The molecule has 0 saturated carbocycles. The van der Waals surface area contributed by atoms with Crippen molar-refractivity contribution in [2.45, 2.75) is 19.4 Å². The zero-order valence-electron chi connectivity index (χ0n) is 8.05. The Morgan fingerprint density at radius 2 is 2.21 bits per heavy atom. The lowest BCUT2D eigenvalue weighted by atomic mass is 10.1. The normalized spacial score (nSPS) is 12.6. The van der Waals surface area contributed by atoms with E-state index in [1.807, 2.05) is 0 Å². The summed E-state index contributed by atoms with van der Waals surface area (Å²) in [6.07, 6.45) is -0.105. The second-order valence-corrected chi connectivity index (χ2v) is 3.93. The van der Waals surface area contributed by atoms with Crippen LogP contribution in [-0.2, 0) is 6.42 Å². The maximum atomic E-state index is 13.1. The van der Waals surface area contributed by atoms with Crippen LogP contribution in [0.1, 0.15) is 12.5 Å². The number of halogens is 2. The fraction of sp³-hybridized carbons (Fsp3) is 0.400. The van der Waals surface area contributed by atoms with Crippen LogP contribution in [0.25, 0.3) is 0 Å². The topological polar surface area (TPSA) is 29.5 Å². The molecule has 14 heavy (non-hydrogen) atoms. The first-order chi connectivity index (χ1) is 6.54. The monoisotopic (exact) mass is 262 g/mol. The van der Waals surface area contributed by atoms with Gasteiger partial charge in [0.05, 0.1) is 17.7 Å². The van der Waals surface area contributed by atoms with Crippen LogP contribution < -0.4 is 4.74 Å². The SMILES string of the molecule is COc1cc(F)cc(CC(C)O)c1Br. The van der Waals surface area contributed by atoms with Crippen molar-refractivity contribution in [3.63, 3.8) is 0 Å². The summed E-state index contributed by atoms with van der Waals surface area (Å²) in [5, 5.41) is 9.20. The maximum Gasteiger partial charge on any atom is 0.136 e. The summed E-state index contributed by atoms with van der Waals surface area (Å²) in [7, 11) is 1.48. The van der Waals surface area contributed by atoms with Gasteiger partial charge in [-0.25, -0.2) is 4.39 Å². The van der Waals surface area contributed by atoms with Crippen LogP contribution in [0.4, 0.5) is 4.39 Å². The highest BCUT2D eigenvalue weighted by atomic mass is 79.9. The Hall–Kier alpha value is -0.610. The van der Waals surface area contributed by atoms with Gasteiger partial charge < -0.3 is 9.84 Å². The second kappa shape index (κ2) is 4.75.